The molecule has 160 valence electrons. The molecule has 0 bridgehead atoms. The highest BCUT2D eigenvalue weighted by atomic mass is 79.9. The van der Waals surface area contributed by atoms with Gasteiger partial charge in [-0.25, -0.2) is 4.98 Å². The molecule has 0 saturated heterocycles. The average molecular weight is 511 g/mol. The molecule has 1 N–H and O–H groups in total. The third kappa shape index (κ3) is 5.30. The smallest absolute Gasteiger partial charge is 0.373 e. The van der Waals surface area contributed by atoms with E-state index < -0.39 is 18.1 Å². The molecule has 0 aliphatic carbocycles. The van der Waals surface area contributed by atoms with Crippen molar-refractivity contribution in [2.45, 2.75) is 32.0 Å². The molecular formula is C21H16BrClF3N5. The van der Waals surface area contributed by atoms with Crippen LogP contribution in [-0.4, -0.2) is 27.3 Å². The van der Waals surface area contributed by atoms with Gasteiger partial charge in [0, 0.05) is 16.1 Å². The fourth-order valence-corrected chi connectivity index (χ4v) is 3.51. The maximum Gasteiger partial charge on any atom is 0.406 e. The SMILES string of the molecule is CC(C)(C#N)c1ccc(NCC#Cc2cc3c(Br)cnc(Cl)c3n2CC(F)(F)F)cn1. The quantitative estimate of drug-likeness (QED) is 0.363. The van der Waals surface area contributed by atoms with Gasteiger partial charge in [-0.2, -0.15) is 18.4 Å². The summed E-state index contributed by atoms with van der Waals surface area (Å²) in [6, 6.07) is 7.24. The van der Waals surface area contributed by atoms with Gasteiger partial charge in [-0.1, -0.05) is 17.5 Å². The van der Waals surface area contributed by atoms with E-state index in [0.29, 0.717) is 21.2 Å². The number of hydrogen-bond acceptors (Lipinski definition) is 4. The number of hydrogen-bond donors (Lipinski definition) is 1. The lowest BCUT2D eigenvalue weighted by Crippen LogP contribution is -2.18. The zero-order valence-electron chi connectivity index (χ0n) is 16.5. The number of aromatic nitrogens is 3. The van der Waals surface area contributed by atoms with Crippen molar-refractivity contribution in [3.63, 3.8) is 0 Å². The van der Waals surface area contributed by atoms with Gasteiger partial charge in [0.1, 0.15) is 6.54 Å². The second kappa shape index (κ2) is 8.78. The molecule has 0 spiro atoms. The maximum absolute atomic E-state index is 13.1. The van der Waals surface area contributed by atoms with Crippen molar-refractivity contribution in [2.75, 3.05) is 11.9 Å². The number of halogens is 5. The Morgan fingerprint density at radius 1 is 1.23 bits per heavy atom. The molecule has 0 radical (unpaired) electrons. The Labute approximate surface area is 190 Å². The number of nitriles is 1. The summed E-state index contributed by atoms with van der Waals surface area (Å²) in [4.78, 5) is 8.19. The monoisotopic (exact) mass is 509 g/mol. The van der Waals surface area contributed by atoms with Crippen molar-refractivity contribution in [3.05, 3.63) is 51.6 Å². The Kier molecular flexibility index (Phi) is 6.49. The van der Waals surface area contributed by atoms with Gasteiger partial charge in [-0.3, -0.25) is 4.98 Å². The van der Waals surface area contributed by atoms with Gasteiger partial charge in [0.25, 0.3) is 0 Å². The molecule has 31 heavy (non-hydrogen) atoms. The molecule has 0 unspecified atom stereocenters. The largest absolute Gasteiger partial charge is 0.406 e. The van der Waals surface area contributed by atoms with Gasteiger partial charge in [0.15, 0.2) is 5.15 Å². The zero-order chi connectivity index (χ0) is 22.8. The number of fused-ring (bicyclic) bond motifs is 1. The van der Waals surface area contributed by atoms with Crippen LogP contribution in [0.25, 0.3) is 10.9 Å². The highest BCUT2D eigenvalue weighted by Gasteiger charge is 2.30. The van der Waals surface area contributed by atoms with Crippen molar-refractivity contribution in [1.29, 1.82) is 5.26 Å². The Hall–Kier alpha value is -2.75. The molecule has 5 nitrogen and oxygen atoms in total. The summed E-state index contributed by atoms with van der Waals surface area (Å²) in [5.41, 5.74) is 0.964. The molecule has 0 saturated carbocycles. The van der Waals surface area contributed by atoms with E-state index in [2.05, 4.69) is 49.1 Å². The highest BCUT2D eigenvalue weighted by molar-refractivity contribution is 9.10. The summed E-state index contributed by atoms with van der Waals surface area (Å²) in [5, 5.41) is 12.7. The molecule has 0 aromatic carbocycles. The van der Waals surface area contributed by atoms with E-state index in [1.807, 2.05) is 0 Å². The van der Waals surface area contributed by atoms with E-state index >= 15 is 0 Å². The lowest BCUT2D eigenvalue weighted by Gasteiger charge is -2.14. The molecule has 0 atom stereocenters. The maximum atomic E-state index is 13.1. The fourth-order valence-electron chi connectivity index (χ4n) is 2.85. The Morgan fingerprint density at radius 3 is 2.58 bits per heavy atom. The minimum atomic E-state index is -4.45. The predicted molar refractivity (Wildman–Crippen MR) is 117 cm³/mol. The highest BCUT2D eigenvalue weighted by Crippen LogP contribution is 2.33. The Bertz CT molecular complexity index is 1210. The normalized spacial score (nSPS) is 11.7. The van der Waals surface area contributed by atoms with Crippen LogP contribution in [-0.2, 0) is 12.0 Å². The summed E-state index contributed by atoms with van der Waals surface area (Å²) >= 11 is 9.36. The van der Waals surface area contributed by atoms with E-state index in [1.54, 1.807) is 38.2 Å². The van der Waals surface area contributed by atoms with Crippen molar-refractivity contribution in [3.8, 4) is 17.9 Å². The lowest BCUT2D eigenvalue weighted by atomic mass is 9.91. The van der Waals surface area contributed by atoms with Gasteiger partial charge in [0.05, 0.1) is 46.8 Å². The first-order valence-electron chi connectivity index (χ1n) is 9.02. The summed E-state index contributed by atoms with van der Waals surface area (Å²) in [6.45, 7) is 2.50. The van der Waals surface area contributed by atoms with Gasteiger partial charge < -0.3 is 9.88 Å². The number of nitrogens with zero attached hydrogens (tertiary/aromatic N) is 4. The molecule has 3 rings (SSSR count). The fraction of sp³-hybridized carbons (Fsp3) is 0.286. The van der Waals surface area contributed by atoms with E-state index in [9.17, 15) is 13.2 Å². The van der Waals surface area contributed by atoms with Gasteiger partial charge >= 0.3 is 6.18 Å². The van der Waals surface area contributed by atoms with Gasteiger partial charge in [-0.05, 0) is 53.9 Å². The zero-order valence-corrected chi connectivity index (χ0v) is 18.8. The first-order chi connectivity index (χ1) is 14.5. The summed E-state index contributed by atoms with van der Waals surface area (Å²) < 4.78 is 40.9. The number of pyridine rings is 2. The lowest BCUT2D eigenvalue weighted by molar-refractivity contribution is -0.140. The first kappa shape index (κ1) is 22.9. The number of anilines is 1. The Balaban J connectivity index is 1.83. The van der Waals surface area contributed by atoms with Crippen LogP contribution in [0.4, 0.5) is 18.9 Å². The van der Waals surface area contributed by atoms with Gasteiger partial charge in [0.2, 0.25) is 0 Å². The van der Waals surface area contributed by atoms with E-state index in [4.69, 9.17) is 16.9 Å². The van der Waals surface area contributed by atoms with E-state index in [-0.39, 0.29) is 22.9 Å². The van der Waals surface area contributed by atoms with Crippen LogP contribution < -0.4 is 5.32 Å². The second-order valence-electron chi connectivity index (χ2n) is 7.21. The molecule has 0 amide bonds. The van der Waals surface area contributed by atoms with Crippen LogP contribution in [0, 0.1) is 23.2 Å². The first-order valence-corrected chi connectivity index (χ1v) is 10.2. The van der Waals surface area contributed by atoms with Crippen molar-refractivity contribution < 1.29 is 13.2 Å². The topological polar surface area (TPSA) is 66.5 Å². The summed E-state index contributed by atoms with van der Waals surface area (Å²) in [6.07, 6.45) is -1.43. The standard InChI is InChI=1S/C21H16BrClF3N5/c1-20(2,11-27)17-6-5-13(9-29-17)28-7-3-4-14-8-15-16(22)10-30-19(23)18(15)31(14)12-21(24,25)26/h5-6,8-10,28H,7,12H2,1-2H3. The molecule has 3 aromatic heterocycles. The third-order valence-electron chi connectivity index (χ3n) is 4.46. The van der Waals surface area contributed by atoms with Crippen molar-refractivity contribution >= 4 is 44.1 Å². The number of alkyl halides is 3. The van der Waals surface area contributed by atoms with Crippen LogP contribution in [0.2, 0.25) is 5.15 Å². The molecule has 0 fully saturated rings. The molecule has 3 heterocycles. The number of nitrogens with one attached hydrogen (secondary N) is 1. The molecule has 0 aliphatic heterocycles. The average Bonchev–Trinajstić information content (AvgIpc) is 3.06. The van der Waals surface area contributed by atoms with Crippen LogP contribution in [0.15, 0.2) is 35.1 Å². The second-order valence-corrected chi connectivity index (χ2v) is 8.43. The molecular weight excluding hydrogens is 495 g/mol. The Morgan fingerprint density at radius 2 is 1.97 bits per heavy atom. The number of rotatable bonds is 4. The van der Waals surface area contributed by atoms with E-state index in [1.165, 1.54) is 6.20 Å². The minimum absolute atomic E-state index is 0.0277. The van der Waals surface area contributed by atoms with Crippen LogP contribution in [0.1, 0.15) is 25.2 Å². The van der Waals surface area contributed by atoms with Crippen LogP contribution in [0.5, 0.6) is 0 Å². The van der Waals surface area contributed by atoms with Crippen LogP contribution >= 0.6 is 27.5 Å². The van der Waals surface area contributed by atoms with Gasteiger partial charge in [-0.15, -0.1) is 0 Å². The third-order valence-corrected chi connectivity index (χ3v) is 5.37. The summed E-state index contributed by atoms with van der Waals surface area (Å²) in [7, 11) is 0. The van der Waals surface area contributed by atoms with Crippen molar-refractivity contribution in [1.82, 2.24) is 14.5 Å². The molecule has 3 aromatic rings. The minimum Gasteiger partial charge on any atom is -0.373 e. The molecule has 10 heteroatoms. The molecule has 0 aliphatic rings. The van der Waals surface area contributed by atoms with E-state index in [0.717, 1.165) is 4.57 Å². The predicted octanol–water partition coefficient (Wildman–Crippen LogP) is 5.67. The van der Waals surface area contributed by atoms with Crippen LogP contribution in [0.3, 0.4) is 0 Å². The van der Waals surface area contributed by atoms with Crippen molar-refractivity contribution in [2.24, 2.45) is 0 Å². The summed E-state index contributed by atoms with van der Waals surface area (Å²) in [5.74, 6) is 5.60.